The molecule has 0 amide bonds. The SMILES string of the molecule is Cc1cnn(C[C@@H]2CN(c3nn4cc(C)nc4s3)CCO2)c1. The molecule has 22 heavy (non-hydrogen) atoms. The van der Waals surface area contributed by atoms with Crippen LogP contribution in [0.2, 0.25) is 0 Å². The minimum absolute atomic E-state index is 0.131. The smallest absolute Gasteiger partial charge is 0.214 e. The molecule has 0 aromatic carbocycles. The minimum Gasteiger partial charge on any atom is -0.373 e. The molecule has 0 unspecified atom stereocenters. The van der Waals surface area contributed by atoms with E-state index in [9.17, 15) is 0 Å². The second-order valence-corrected chi connectivity index (χ2v) is 6.61. The van der Waals surface area contributed by atoms with E-state index in [1.165, 1.54) is 5.56 Å². The van der Waals surface area contributed by atoms with E-state index in [-0.39, 0.29) is 6.10 Å². The van der Waals surface area contributed by atoms with Crippen LogP contribution in [0, 0.1) is 13.8 Å². The van der Waals surface area contributed by atoms with Gasteiger partial charge < -0.3 is 9.64 Å². The maximum atomic E-state index is 5.87. The number of imidazole rings is 1. The predicted molar refractivity (Wildman–Crippen MR) is 84.5 cm³/mol. The lowest BCUT2D eigenvalue weighted by molar-refractivity contribution is 0.0273. The van der Waals surface area contributed by atoms with E-state index in [2.05, 4.69) is 20.1 Å². The van der Waals surface area contributed by atoms with Gasteiger partial charge in [-0.05, 0) is 19.4 Å². The van der Waals surface area contributed by atoms with Crippen LogP contribution in [0.25, 0.3) is 4.96 Å². The van der Waals surface area contributed by atoms with Gasteiger partial charge in [-0.1, -0.05) is 11.3 Å². The van der Waals surface area contributed by atoms with E-state index in [1.54, 1.807) is 11.3 Å². The van der Waals surface area contributed by atoms with Gasteiger partial charge in [0.15, 0.2) is 0 Å². The van der Waals surface area contributed by atoms with E-state index in [4.69, 9.17) is 4.74 Å². The monoisotopic (exact) mass is 318 g/mol. The van der Waals surface area contributed by atoms with Gasteiger partial charge in [0.25, 0.3) is 0 Å². The van der Waals surface area contributed by atoms with Crippen LogP contribution in [0.15, 0.2) is 18.6 Å². The number of rotatable bonds is 3. The lowest BCUT2D eigenvalue weighted by atomic mass is 10.3. The molecule has 1 atom stereocenters. The third-order valence-corrected chi connectivity index (χ3v) is 4.70. The zero-order chi connectivity index (χ0) is 15.1. The molecular weight excluding hydrogens is 300 g/mol. The summed E-state index contributed by atoms with van der Waals surface area (Å²) in [6.45, 7) is 7.21. The van der Waals surface area contributed by atoms with Crippen LogP contribution < -0.4 is 4.90 Å². The molecule has 7 nitrogen and oxygen atoms in total. The third-order valence-electron chi connectivity index (χ3n) is 3.72. The van der Waals surface area contributed by atoms with Gasteiger partial charge in [0.1, 0.15) is 0 Å². The van der Waals surface area contributed by atoms with Gasteiger partial charge in [-0.3, -0.25) is 4.68 Å². The predicted octanol–water partition coefficient (Wildman–Crippen LogP) is 1.51. The molecule has 1 aliphatic rings. The van der Waals surface area contributed by atoms with Gasteiger partial charge >= 0.3 is 0 Å². The normalized spacial score (nSPS) is 19.2. The maximum absolute atomic E-state index is 5.87. The van der Waals surface area contributed by atoms with Crippen LogP contribution >= 0.6 is 11.3 Å². The molecule has 3 aromatic heterocycles. The zero-order valence-corrected chi connectivity index (χ0v) is 13.5. The molecule has 8 heteroatoms. The van der Waals surface area contributed by atoms with Crippen molar-refractivity contribution in [1.29, 1.82) is 0 Å². The number of hydrogen-bond donors (Lipinski definition) is 0. The van der Waals surface area contributed by atoms with Crippen molar-refractivity contribution < 1.29 is 4.74 Å². The second kappa shape index (κ2) is 5.36. The number of nitrogens with zero attached hydrogens (tertiary/aromatic N) is 6. The molecular formula is C14H18N6OS. The van der Waals surface area contributed by atoms with Gasteiger partial charge in [0, 0.05) is 19.3 Å². The van der Waals surface area contributed by atoms with Crippen molar-refractivity contribution in [2.24, 2.45) is 0 Å². The minimum atomic E-state index is 0.131. The Morgan fingerprint density at radius 1 is 1.36 bits per heavy atom. The van der Waals surface area contributed by atoms with Crippen LogP contribution in [0.3, 0.4) is 0 Å². The van der Waals surface area contributed by atoms with E-state index in [0.29, 0.717) is 6.61 Å². The summed E-state index contributed by atoms with van der Waals surface area (Å²) in [5.74, 6) is 0. The molecule has 4 rings (SSSR count). The van der Waals surface area contributed by atoms with Crippen LogP contribution in [0.1, 0.15) is 11.3 Å². The Balaban J connectivity index is 1.48. The number of aromatic nitrogens is 5. The number of fused-ring (bicyclic) bond motifs is 1. The largest absolute Gasteiger partial charge is 0.373 e. The van der Waals surface area contributed by atoms with Gasteiger partial charge in [-0.2, -0.15) is 5.10 Å². The Hall–Kier alpha value is -1.93. The van der Waals surface area contributed by atoms with Crippen molar-refractivity contribution in [3.05, 3.63) is 29.8 Å². The molecule has 0 N–H and O–H groups in total. The molecule has 0 spiro atoms. The third kappa shape index (κ3) is 2.59. The summed E-state index contributed by atoms with van der Waals surface area (Å²) < 4.78 is 9.67. The summed E-state index contributed by atoms with van der Waals surface area (Å²) in [5.41, 5.74) is 2.17. The van der Waals surface area contributed by atoms with Gasteiger partial charge in [0.05, 0.1) is 37.3 Å². The molecule has 1 saturated heterocycles. The fourth-order valence-electron chi connectivity index (χ4n) is 2.71. The Bertz CT molecular complexity index is 759. The van der Waals surface area contributed by atoms with Gasteiger partial charge in [-0.15, -0.1) is 5.10 Å². The number of ether oxygens (including phenoxy) is 1. The van der Waals surface area contributed by atoms with Crippen LogP contribution in [0.5, 0.6) is 0 Å². The summed E-state index contributed by atoms with van der Waals surface area (Å²) in [4.78, 5) is 7.68. The Labute approximate surface area is 132 Å². The second-order valence-electron chi connectivity index (χ2n) is 5.67. The molecule has 0 bridgehead atoms. The molecule has 3 aromatic rings. The highest BCUT2D eigenvalue weighted by atomic mass is 32.1. The highest BCUT2D eigenvalue weighted by Crippen LogP contribution is 2.25. The van der Waals surface area contributed by atoms with Gasteiger partial charge in [-0.25, -0.2) is 9.50 Å². The summed E-state index contributed by atoms with van der Waals surface area (Å²) in [7, 11) is 0. The van der Waals surface area contributed by atoms with Crippen molar-refractivity contribution in [1.82, 2.24) is 24.4 Å². The molecule has 4 heterocycles. The fraction of sp³-hybridized carbons (Fsp3) is 0.500. The van der Waals surface area contributed by atoms with Crippen LogP contribution in [-0.4, -0.2) is 50.2 Å². The summed E-state index contributed by atoms with van der Waals surface area (Å²) in [6, 6.07) is 0. The standard InChI is InChI=1S/C14H18N6OS/c1-10-5-15-19(6-10)9-12-8-18(3-4-21-12)14-17-20-7-11(2)16-13(20)22-14/h5-7,12H,3-4,8-9H2,1-2H3/t12-/m0/s1. The first-order chi connectivity index (χ1) is 10.7. The Morgan fingerprint density at radius 3 is 3.05 bits per heavy atom. The van der Waals surface area contributed by atoms with E-state index >= 15 is 0 Å². The topological polar surface area (TPSA) is 60.5 Å². The first kappa shape index (κ1) is 13.7. The van der Waals surface area contributed by atoms with E-state index in [0.717, 1.165) is 35.4 Å². The van der Waals surface area contributed by atoms with Crippen LogP contribution in [-0.2, 0) is 11.3 Å². The van der Waals surface area contributed by atoms with Crippen molar-refractivity contribution >= 4 is 21.4 Å². The molecule has 0 aliphatic carbocycles. The first-order valence-electron chi connectivity index (χ1n) is 7.36. The lowest BCUT2D eigenvalue weighted by Gasteiger charge is -2.32. The molecule has 1 aliphatic heterocycles. The Morgan fingerprint density at radius 2 is 2.27 bits per heavy atom. The molecule has 0 saturated carbocycles. The summed E-state index contributed by atoms with van der Waals surface area (Å²) in [6.07, 6.45) is 6.01. The van der Waals surface area contributed by atoms with Crippen molar-refractivity contribution in [3.8, 4) is 0 Å². The quantitative estimate of drug-likeness (QED) is 0.732. The van der Waals surface area contributed by atoms with Crippen molar-refractivity contribution in [2.45, 2.75) is 26.5 Å². The zero-order valence-electron chi connectivity index (χ0n) is 12.6. The fourth-order valence-corrected chi connectivity index (χ4v) is 3.67. The van der Waals surface area contributed by atoms with Gasteiger partial charge in [0.2, 0.25) is 10.1 Å². The summed E-state index contributed by atoms with van der Waals surface area (Å²) >= 11 is 1.63. The Kier molecular flexibility index (Phi) is 3.34. The highest BCUT2D eigenvalue weighted by molar-refractivity contribution is 7.20. The number of hydrogen-bond acceptors (Lipinski definition) is 6. The van der Waals surface area contributed by atoms with Crippen molar-refractivity contribution in [2.75, 3.05) is 24.6 Å². The number of morpholine rings is 1. The maximum Gasteiger partial charge on any atom is 0.214 e. The molecule has 116 valence electrons. The van der Waals surface area contributed by atoms with E-state index in [1.807, 2.05) is 41.6 Å². The molecule has 1 fully saturated rings. The highest BCUT2D eigenvalue weighted by Gasteiger charge is 2.24. The molecule has 0 radical (unpaired) electrons. The number of aryl methyl sites for hydroxylation is 2. The lowest BCUT2D eigenvalue weighted by Crippen LogP contribution is -2.44. The van der Waals surface area contributed by atoms with E-state index < -0.39 is 0 Å². The summed E-state index contributed by atoms with van der Waals surface area (Å²) in [5, 5.41) is 9.97. The average molecular weight is 318 g/mol. The number of anilines is 1. The average Bonchev–Trinajstić information content (AvgIpc) is 3.14. The van der Waals surface area contributed by atoms with Crippen LogP contribution in [0.4, 0.5) is 5.13 Å². The van der Waals surface area contributed by atoms with Crippen molar-refractivity contribution in [3.63, 3.8) is 0 Å². The first-order valence-corrected chi connectivity index (χ1v) is 8.17.